The molecule has 0 saturated heterocycles. The molecule has 0 aliphatic heterocycles. The van der Waals surface area contributed by atoms with Gasteiger partial charge in [-0.2, -0.15) is 0 Å². The van der Waals surface area contributed by atoms with E-state index in [1.54, 1.807) is 0 Å². The number of hydrogen-bond acceptors (Lipinski definition) is 3. The summed E-state index contributed by atoms with van der Waals surface area (Å²) in [6.45, 7) is 12.3. The van der Waals surface area contributed by atoms with Crippen molar-refractivity contribution in [3.63, 3.8) is 0 Å². The van der Waals surface area contributed by atoms with Crippen LogP contribution in [0.5, 0.6) is 0 Å². The van der Waals surface area contributed by atoms with Crippen molar-refractivity contribution in [2.45, 2.75) is 59.0 Å². The van der Waals surface area contributed by atoms with Crippen LogP contribution in [0.1, 0.15) is 47.0 Å². The van der Waals surface area contributed by atoms with Gasteiger partial charge >= 0.3 is 8.56 Å². The van der Waals surface area contributed by atoms with Gasteiger partial charge in [0.05, 0.1) is 0 Å². The van der Waals surface area contributed by atoms with Crippen molar-refractivity contribution in [3.8, 4) is 0 Å². The summed E-state index contributed by atoms with van der Waals surface area (Å²) < 4.78 is 11.9. The smallest absolute Gasteiger partial charge is 0.337 e. The minimum Gasteiger partial charge on any atom is -0.394 e. The van der Waals surface area contributed by atoms with E-state index in [1.165, 1.54) is 19.3 Å². The highest BCUT2D eigenvalue weighted by Gasteiger charge is 2.33. The predicted octanol–water partition coefficient (Wildman–Crippen LogP) is 3.30. The van der Waals surface area contributed by atoms with E-state index in [4.69, 9.17) is 8.85 Å². The van der Waals surface area contributed by atoms with Gasteiger partial charge < -0.3 is 14.2 Å². The molecule has 0 aromatic rings. The molecule has 0 spiro atoms. The van der Waals surface area contributed by atoms with Crippen molar-refractivity contribution in [2.24, 2.45) is 0 Å². The fourth-order valence-electron chi connectivity index (χ4n) is 2.00. The molecule has 0 bridgehead atoms. The second-order valence-electron chi connectivity index (χ2n) is 4.34. The topological polar surface area (TPSA) is 30.5 Å². The summed E-state index contributed by atoms with van der Waals surface area (Å²) in [5.74, 6) is 0. The van der Waals surface area contributed by atoms with Crippen LogP contribution in [-0.4, -0.2) is 34.9 Å². The quantitative estimate of drug-likeness (QED) is 0.432. The fourth-order valence-corrected chi connectivity index (χ4v) is 4.90. The monoisotopic (exact) mass is 261 g/mol. The second kappa shape index (κ2) is 11.2. The van der Waals surface area contributed by atoms with Crippen LogP contribution in [0, 0.1) is 0 Å². The van der Waals surface area contributed by atoms with E-state index in [-0.39, 0.29) is 0 Å². The molecule has 0 atom stereocenters. The molecule has 0 fully saturated rings. The van der Waals surface area contributed by atoms with Gasteiger partial charge in [-0.25, -0.2) is 0 Å². The Kier molecular flexibility index (Phi) is 11.3. The number of nitrogens with one attached hydrogen (secondary N) is 1. The van der Waals surface area contributed by atoms with Gasteiger partial charge in [-0.15, -0.1) is 0 Å². The molecule has 0 amide bonds. The lowest BCUT2D eigenvalue weighted by Crippen LogP contribution is -2.42. The highest BCUT2D eigenvalue weighted by Crippen LogP contribution is 2.20. The maximum atomic E-state index is 5.94. The molecule has 0 rings (SSSR count). The van der Waals surface area contributed by atoms with Gasteiger partial charge in [-0.1, -0.05) is 20.3 Å². The maximum absolute atomic E-state index is 5.94. The predicted molar refractivity (Wildman–Crippen MR) is 76.7 cm³/mol. The van der Waals surface area contributed by atoms with Crippen LogP contribution >= 0.6 is 0 Å². The maximum Gasteiger partial charge on any atom is 0.337 e. The number of rotatable bonds is 12. The Morgan fingerprint density at radius 2 is 1.47 bits per heavy atom. The number of unbranched alkanes of at least 4 members (excludes halogenated alkanes) is 1. The van der Waals surface area contributed by atoms with Crippen LogP contribution in [0.3, 0.4) is 0 Å². The van der Waals surface area contributed by atoms with Crippen LogP contribution in [-0.2, 0) is 8.85 Å². The van der Waals surface area contributed by atoms with Crippen molar-refractivity contribution in [3.05, 3.63) is 0 Å². The zero-order chi connectivity index (χ0) is 13.0. The summed E-state index contributed by atoms with van der Waals surface area (Å²) in [4.78, 5) is 0. The lowest BCUT2D eigenvalue weighted by Gasteiger charge is -2.29. The summed E-state index contributed by atoms with van der Waals surface area (Å²) >= 11 is 0. The van der Waals surface area contributed by atoms with Gasteiger partial charge in [-0.05, 0) is 51.9 Å². The average molecular weight is 261 g/mol. The van der Waals surface area contributed by atoms with Gasteiger partial charge in [-0.3, -0.25) is 0 Å². The third-order valence-corrected chi connectivity index (χ3v) is 6.79. The molecule has 0 aliphatic rings. The summed E-state index contributed by atoms with van der Waals surface area (Å²) in [6.07, 6.45) is 3.70. The van der Waals surface area contributed by atoms with Crippen molar-refractivity contribution < 1.29 is 8.85 Å². The Balaban J connectivity index is 3.82. The van der Waals surface area contributed by atoms with E-state index in [1.807, 2.05) is 0 Å². The fraction of sp³-hybridized carbons (Fsp3) is 1.00. The van der Waals surface area contributed by atoms with E-state index in [9.17, 15) is 0 Å². The van der Waals surface area contributed by atoms with E-state index in [0.717, 1.165) is 38.4 Å². The van der Waals surface area contributed by atoms with Crippen molar-refractivity contribution in [1.29, 1.82) is 0 Å². The summed E-state index contributed by atoms with van der Waals surface area (Å²) in [5, 5.41) is 3.48. The molecular formula is C13H31NO2Si. The first-order chi connectivity index (χ1) is 8.24. The molecule has 1 N–H and O–H groups in total. The normalized spacial score (nSPS) is 12.0. The minimum absolute atomic E-state index is 0.781. The molecule has 0 radical (unpaired) electrons. The molecule has 0 unspecified atom stereocenters. The Morgan fingerprint density at radius 1 is 0.882 bits per heavy atom. The third-order valence-electron chi connectivity index (χ3n) is 2.97. The average Bonchev–Trinajstić information content (AvgIpc) is 2.34. The Hall–Kier alpha value is 0.0969. The van der Waals surface area contributed by atoms with Gasteiger partial charge in [0.15, 0.2) is 0 Å². The lowest BCUT2D eigenvalue weighted by atomic mass is 10.3. The zero-order valence-electron chi connectivity index (χ0n) is 12.2. The lowest BCUT2D eigenvalue weighted by molar-refractivity contribution is 0.182. The van der Waals surface area contributed by atoms with Crippen molar-refractivity contribution >= 4 is 8.56 Å². The van der Waals surface area contributed by atoms with Gasteiger partial charge in [0.1, 0.15) is 0 Å². The van der Waals surface area contributed by atoms with Crippen molar-refractivity contribution in [1.82, 2.24) is 5.32 Å². The molecule has 104 valence electrons. The standard InChI is InChI=1S/C13H31NO2Si/c1-5-9-11-14-12-10-13-17(8-4,15-6-2)16-7-3/h14H,5-13H2,1-4H3. The van der Waals surface area contributed by atoms with Gasteiger partial charge in [0, 0.05) is 13.2 Å². The summed E-state index contributed by atoms with van der Waals surface area (Å²) in [5.41, 5.74) is 0. The Labute approximate surface area is 109 Å². The highest BCUT2D eigenvalue weighted by atomic mass is 28.4. The molecule has 0 aliphatic carbocycles. The van der Waals surface area contributed by atoms with Crippen LogP contribution in [0.25, 0.3) is 0 Å². The van der Waals surface area contributed by atoms with E-state index in [0.29, 0.717) is 0 Å². The van der Waals surface area contributed by atoms with Gasteiger partial charge in [0.2, 0.25) is 0 Å². The van der Waals surface area contributed by atoms with E-state index >= 15 is 0 Å². The second-order valence-corrected chi connectivity index (χ2v) is 7.94. The Morgan fingerprint density at radius 3 is 1.94 bits per heavy atom. The minimum atomic E-state index is -1.88. The first kappa shape index (κ1) is 17.1. The van der Waals surface area contributed by atoms with E-state index in [2.05, 4.69) is 33.0 Å². The first-order valence-electron chi connectivity index (χ1n) is 7.23. The van der Waals surface area contributed by atoms with Crippen LogP contribution in [0.15, 0.2) is 0 Å². The van der Waals surface area contributed by atoms with E-state index < -0.39 is 8.56 Å². The molecular weight excluding hydrogens is 230 g/mol. The molecule has 0 aromatic carbocycles. The number of hydrogen-bond donors (Lipinski definition) is 1. The van der Waals surface area contributed by atoms with Crippen molar-refractivity contribution in [2.75, 3.05) is 26.3 Å². The molecule has 4 heteroatoms. The molecule has 17 heavy (non-hydrogen) atoms. The zero-order valence-corrected chi connectivity index (χ0v) is 13.2. The summed E-state index contributed by atoms with van der Waals surface area (Å²) in [6, 6.07) is 2.17. The molecule has 3 nitrogen and oxygen atoms in total. The molecule has 0 saturated carbocycles. The Bertz CT molecular complexity index is 161. The molecule has 0 aromatic heterocycles. The largest absolute Gasteiger partial charge is 0.394 e. The van der Waals surface area contributed by atoms with Crippen LogP contribution in [0.4, 0.5) is 0 Å². The molecule has 0 heterocycles. The van der Waals surface area contributed by atoms with Crippen LogP contribution < -0.4 is 5.32 Å². The third kappa shape index (κ3) is 7.92. The SMILES string of the molecule is CCCCNCCC[Si](CC)(OCC)OCC. The summed E-state index contributed by atoms with van der Waals surface area (Å²) in [7, 11) is -1.88. The highest BCUT2D eigenvalue weighted by molar-refractivity contribution is 6.67. The first-order valence-corrected chi connectivity index (χ1v) is 9.46. The van der Waals surface area contributed by atoms with Crippen LogP contribution in [0.2, 0.25) is 12.1 Å². The van der Waals surface area contributed by atoms with Gasteiger partial charge in [0.25, 0.3) is 0 Å².